The van der Waals surface area contributed by atoms with Crippen LogP contribution in [-0.2, 0) is 13.5 Å². The van der Waals surface area contributed by atoms with Crippen molar-refractivity contribution in [2.24, 2.45) is 7.05 Å². The molecule has 3 aromatic heterocycles. The first-order valence-corrected chi connectivity index (χ1v) is 8.30. The summed E-state index contributed by atoms with van der Waals surface area (Å²) in [5.74, 6) is -0.111. The van der Waals surface area contributed by atoms with Crippen molar-refractivity contribution in [3.05, 3.63) is 69.9 Å². The Morgan fingerprint density at radius 1 is 1.43 bits per heavy atom. The average molecular weight is 326 g/mol. The van der Waals surface area contributed by atoms with Crippen molar-refractivity contribution in [3.63, 3.8) is 0 Å². The first-order chi connectivity index (χ1) is 11.1. The Bertz CT molecular complexity index is 780. The molecular formula is C17H18N4OS. The molecule has 3 aromatic rings. The van der Waals surface area contributed by atoms with Crippen LogP contribution in [0.1, 0.15) is 33.2 Å². The van der Waals surface area contributed by atoms with Crippen molar-refractivity contribution in [1.29, 1.82) is 0 Å². The molecule has 0 radical (unpaired) electrons. The van der Waals surface area contributed by atoms with Crippen LogP contribution in [0.5, 0.6) is 0 Å². The molecule has 0 saturated heterocycles. The number of nitrogens with zero attached hydrogens (tertiary/aromatic N) is 3. The highest BCUT2D eigenvalue weighted by molar-refractivity contribution is 7.07. The van der Waals surface area contributed by atoms with Gasteiger partial charge in [0.25, 0.3) is 5.91 Å². The molecule has 1 N–H and O–H groups in total. The Morgan fingerprint density at radius 2 is 2.30 bits per heavy atom. The maximum Gasteiger partial charge on any atom is 0.255 e. The van der Waals surface area contributed by atoms with Gasteiger partial charge >= 0.3 is 0 Å². The third-order valence-electron chi connectivity index (χ3n) is 3.67. The number of pyridine rings is 1. The molecule has 1 amide bonds. The number of aryl methyl sites for hydroxylation is 2. The van der Waals surface area contributed by atoms with E-state index in [0.29, 0.717) is 5.56 Å². The van der Waals surface area contributed by atoms with Crippen molar-refractivity contribution >= 4 is 17.2 Å². The lowest BCUT2D eigenvalue weighted by Crippen LogP contribution is -2.30. The molecule has 0 aromatic carbocycles. The highest BCUT2D eigenvalue weighted by Gasteiger charge is 2.19. The van der Waals surface area contributed by atoms with Crippen molar-refractivity contribution in [2.45, 2.75) is 19.4 Å². The maximum atomic E-state index is 12.6. The zero-order chi connectivity index (χ0) is 16.2. The smallest absolute Gasteiger partial charge is 0.255 e. The molecule has 5 nitrogen and oxygen atoms in total. The first-order valence-electron chi connectivity index (χ1n) is 7.35. The average Bonchev–Trinajstić information content (AvgIpc) is 3.17. The van der Waals surface area contributed by atoms with E-state index in [1.807, 2.05) is 31.5 Å². The van der Waals surface area contributed by atoms with Gasteiger partial charge in [0.2, 0.25) is 0 Å². The van der Waals surface area contributed by atoms with Gasteiger partial charge in [-0.15, -0.1) is 0 Å². The molecule has 0 aliphatic carbocycles. The first kappa shape index (κ1) is 15.4. The molecular weight excluding hydrogens is 308 g/mol. The number of rotatable bonds is 5. The fraction of sp³-hybridized carbons (Fsp3) is 0.235. The molecule has 0 saturated carbocycles. The summed E-state index contributed by atoms with van der Waals surface area (Å²) in [5, 5.41) is 11.5. The summed E-state index contributed by atoms with van der Waals surface area (Å²) in [6.45, 7) is 1.84. The van der Waals surface area contributed by atoms with Gasteiger partial charge in [0.15, 0.2) is 0 Å². The zero-order valence-electron chi connectivity index (χ0n) is 13.1. The normalized spacial score (nSPS) is 12.1. The van der Waals surface area contributed by atoms with E-state index in [9.17, 15) is 4.79 Å². The van der Waals surface area contributed by atoms with Crippen LogP contribution in [0.25, 0.3) is 0 Å². The molecule has 23 heavy (non-hydrogen) atoms. The molecule has 3 rings (SSSR count). The SMILES string of the molecule is Cc1nn(C)cc1C(=O)N[C@H](Cc1ccsc1)c1cccnc1. The number of hydrogen-bond donors (Lipinski definition) is 1. The van der Waals surface area contributed by atoms with Gasteiger partial charge in [0.05, 0.1) is 17.3 Å². The van der Waals surface area contributed by atoms with Gasteiger partial charge in [0, 0.05) is 25.6 Å². The van der Waals surface area contributed by atoms with Gasteiger partial charge in [-0.1, -0.05) is 6.07 Å². The van der Waals surface area contributed by atoms with E-state index in [0.717, 1.165) is 17.7 Å². The number of hydrogen-bond acceptors (Lipinski definition) is 4. The molecule has 118 valence electrons. The zero-order valence-corrected chi connectivity index (χ0v) is 13.9. The fourth-order valence-corrected chi connectivity index (χ4v) is 3.22. The molecule has 0 aliphatic heterocycles. The van der Waals surface area contributed by atoms with Gasteiger partial charge in [-0.2, -0.15) is 16.4 Å². The molecule has 0 aliphatic rings. The Morgan fingerprint density at radius 3 is 2.91 bits per heavy atom. The summed E-state index contributed by atoms with van der Waals surface area (Å²) >= 11 is 1.66. The van der Waals surface area contributed by atoms with Crippen molar-refractivity contribution in [2.75, 3.05) is 0 Å². The number of carbonyl (C=O) groups excluding carboxylic acids is 1. The van der Waals surface area contributed by atoms with Crippen molar-refractivity contribution in [3.8, 4) is 0 Å². The lowest BCUT2D eigenvalue weighted by atomic mass is 10.0. The van der Waals surface area contributed by atoms with Crippen LogP contribution in [0.4, 0.5) is 0 Å². The molecule has 0 fully saturated rings. The third kappa shape index (κ3) is 3.65. The number of carbonyl (C=O) groups is 1. The van der Waals surface area contributed by atoms with E-state index < -0.39 is 0 Å². The maximum absolute atomic E-state index is 12.6. The number of nitrogens with one attached hydrogen (secondary N) is 1. The molecule has 1 atom stereocenters. The molecule has 6 heteroatoms. The highest BCUT2D eigenvalue weighted by Crippen LogP contribution is 2.20. The minimum Gasteiger partial charge on any atom is -0.345 e. The second-order valence-electron chi connectivity index (χ2n) is 5.45. The summed E-state index contributed by atoms with van der Waals surface area (Å²) < 4.78 is 1.65. The van der Waals surface area contributed by atoms with Crippen LogP contribution in [0, 0.1) is 6.92 Å². The summed E-state index contributed by atoms with van der Waals surface area (Å²) in [5.41, 5.74) is 3.53. The van der Waals surface area contributed by atoms with Gasteiger partial charge in [-0.05, 0) is 47.4 Å². The van der Waals surface area contributed by atoms with E-state index in [4.69, 9.17) is 0 Å². The standard InChI is InChI=1S/C17H18N4OS/c1-12-15(10-21(2)20-12)17(22)19-16(8-13-5-7-23-11-13)14-4-3-6-18-9-14/h3-7,9-11,16H,8H2,1-2H3,(H,19,22)/t16-/m1/s1. The molecule has 0 bridgehead atoms. The van der Waals surface area contributed by atoms with Gasteiger partial charge in [-0.25, -0.2) is 0 Å². The summed E-state index contributed by atoms with van der Waals surface area (Å²) in [4.78, 5) is 16.8. The Hall–Kier alpha value is -2.47. The second-order valence-corrected chi connectivity index (χ2v) is 6.23. The monoisotopic (exact) mass is 326 g/mol. The van der Waals surface area contributed by atoms with Gasteiger partial charge in [-0.3, -0.25) is 14.5 Å². The minimum absolute atomic E-state index is 0.111. The van der Waals surface area contributed by atoms with E-state index in [1.54, 1.807) is 34.6 Å². The highest BCUT2D eigenvalue weighted by atomic mass is 32.1. The van der Waals surface area contributed by atoms with E-state index >= 15 is 0 Å². The quantitative estimate of drug-likeness (QED) is 0.784. The number of aromatic nitrogens is 3. The summed E-state index contributed by atoms with van der Waals surface area (Å²) in [6.07, 6.45) is 6.02. The van der Waals surface area contributed by atoms with Crippen LogP contribution < -0.4 is 5.32 Å². The Kier molecular flexibility index (Phi) is 4.52. The molecule has 3 heterocycles. The largest absolute Gasteiger partial charge is 0.345 e. The Balaban J connectivity index is 1.83. The summed E-state index contributed by atoms with van der Waals surface area (Å²) in [7, 11) is 1.81. The van der Waals surface area contributed by atoms with Crippen LogP contribution in [0.3, 0.4) is 0 Å². The molecule has 0 spiro atoms. The van der Waals surface area contributed by atoms with Crippen LogP contribution in [-0.4, -0.2) is 20.7 Å². The third-order valence-corrected chi connectivity index (χ3v) is 4.40. The lowest BCUT2D eigenvalue weighted by molar-refractivity contribution is 0.0936. The lowest BCUT2D eigenvalue weighted by Gasteiger charge is -2.18. The van der Waals surface area contributed by atoms with Crippen LogP contribution in [0.15, 0.2) is 47.5 Å². The second kappa shape index (κ2) is 6.75. The summed E-state index contributed by atoms with van der Waals surface area (Å²) in [6, 6.07) is 5.83. The van der Waals surface area contributed by atoms with Gasteiger partial charge in [0.1, 0.15) is 0 Å². The minimum atomic E-state index is -0.120. The van der Waals surface area contributed by atoms with Crippen molar-refractivity contribution < 1.29 is 4.79 Å². The van der Waals surface area contributed by atoms with Crippen LogP contribution >= 0.6 is 11.3 Å². The van der Waals surface area contributed by atoms with E-state index in [2.05, 4.69) is 26.8 Å². The number of amides is 1. The topological polar surface area (TPSA) is 59.8 Å². The van der Waals surface area contributed by atoms with E-state index in [-0.39, 0.29) is 11.9 Å². The van der Waals surface area contributed by atoms with Crippen molar-refractivity contribution in [1.82, 2.24) is 20.1 Å². The van der Waals surface area contributed by atoms with E-state index in [1.165, 1.54) is 5.56 Å². The molecule has 0 unspecified atom stereocenters. The fourth-order valence-electron chi connectivity index (χ4n) is 2.54. The predicted octanol–water partition coefficient (Wildman–Crippen LogP) is 2.90. The van der Waals surface area contributed by atoms with Crippen LogP contribution in [0.2, 0.25) is 0 Å². The number of thiophene rings is 1. The predicted molar refractivity (Wildman–Crippen MR) is 90.4 cm³/mol. The Labute approximate surface area is 139 Å². The van der Waals surface area contributed by atoms with Gasteiger partial charge < -0.3 is 5.32 Å².